The Kier molecular flexibility index (Phi) is 7.62. The van der Waals surface area contributed by atoms with Gasteiger partial charge in [0, 0.05) is 29.8 Å². The molecule has 1 heterocycles. The van der Waals surface area contributed by atoms with E-state index in [-0.39, 0.29) is 0 Å². The second-order valence-electron chi connectivity index (χ2n) is 5.74. The van der Waals surface area contributed by atoms with Crippen LogP contribution in [-0.2, 0) is 4.74 Å². The third-order valence-electron chi connectivity index (χ3n) is 4.08. The van der Waals surface area contributed by atoms with Gasteiger partial charge in [-0.15, -0.1) is 0 Å². The zero-order valence-electron chi connectivity index (χ0n) is 13.4. The molecule has 1 N–H and O–H groups in total. The van der Waals surface area contributed by atoms with Crippen molar-refractivity contribution in [1.82, 2.24) is 5.32 Å². The van der Waals surface area contributed by atoms with E-state index in [4.69, 9.17) is 4.74 Å². The van der Waals surface area contributed by atoms with Gasteiger partial charge in [0.25, 0.3) is 0 Å². The Morgan fingerprint density at radius 2 is 1.90 bits per heavy atom. The molecule has 1 fully saturated rings. The van der Waals surface area contributed by atoms with Crippen LogP contribution in [0.1, 0.15) is 51.1 Å². The van der Waals surface area contributed by atoms with Gasteiger partial charge in [0.2, 0.25) is 0 Å². The second kappa shape index (κ2) is 9.50. The minimum absolute atomic E-state index is 0.462. The molecule has 1 saturated heterocycles. The molecule has 21 heavy (non-hydrogen) atoms. The molecule has 0 aliphatic carbocycles. The van der Waals surface area contributed by atoms with Gasteiger partial charge in [-0.1, -0.05) is 44.2 Å². The van der Waals surface area contributed by atoms with Gasteiger partial charge >= 0.3 is 0 Å². The predicted octanol–water partition coefficient (Wildman–Crippen LogP) is 4.42. The fraction of sp³-hybridized carbons (Fsp3) is 0.667. The standard InChI is InChI=1S/C18H29NOS/c1-3-12-19-18(15-8-6-5-7-9-15)17(4-2)21-16-10-13-20-14-11-16/h5-9,16-19H,3-4,10-14H2,1-2H3. The van der Waals surface area contributed by atoms with Gasteiger partial charge in [-0.05, 0) is 37.8 Å². The number of nitrogens with one attached hydrogen (secondary N) is 1. The van der Waals surface area contributed by atoms with Crippen molar-refractivity contribution in [2.75, 3.05) is 19.8 Å². The molecular weight excluding hydrogens is 278 g/mol. The van der Waals surface area contributed by atoms with Gasteiger partial charge in [0.05, 0.1) is 0 Å². The molecule has 0 saturated carbocycles. The minimum atomic E-state index is 0.462. The molecule has 0 aromatic heterocycles. The zero-order chi connectivity index (χ0) is 14.9. The maximum absolute atomic E-state index is 5.50. The fourth-order valence-corrected chi connectivity index (χ4v) is 4.46. The van der Waals surface area contributed by atoms with E-state index in [2.05, 4.69) is 61.3 Å². The lowest BCUT2D eigenvalue weighted by molar-refractivity contribution is 0.0999. The predicted molar refractivity (Wildman–Crippen MR) is 93.0 cm³/mol. The summed E-state index contributed by atoms with van der Waals surface area (Å²) in [5.41, 5.74) is 1.43. The molecule has 2 atom stereocenters. The highest BCUT2D eigenvalue weighted by atomic mass is 32.2. The summed E-state index contributed by atoms with van der Waals surface area (Å²) in [7, 11) is 0. The van der Waals surface area contributed by atoms with Crippen LogP contribution in [0.5, 0.6) is 0 Å². The lowest BCUT2D eigenvalue weighted by atomic mass is 10.0. The van der Waals surface area contributed by atoms with Crippen LogP contribution in [0.3, 0.4) is 0 Å². The van der Waals surface area contributed by atoms with Crippen LogP contribution < -0.4 is 5.32 Å². The molecule has 1 aliphatic rings. The molecule has 2 unspecified atom stereocenters. The molecular formula is C18H29NOS. The third kappa shape index (κ3) is 5.32. The highest BCUT2D eigenvalue weighted by molar-refractivity contribution is 8.00. The van der Waals surface area contributed by atoms with Crippen molar-refractivity contribution in [2.24, 2.45) is 0 Å². The Hall–Kier alpha value is -0.510. The second-order valence-corrected chi connectivity index (χ2v) is 7.28. The molecule has 3 heteroatoms. The summed E-state index contributed by atoms with van der Waals surface area (Å²) in [6, 6.07) is 11.4. The van der Waals surface area contributed by atoms with Crippen molar-refractivity contribution in [3.05, 3.63) is 35.9 Å². The minimum Gasteiger partial charge on any atom is -0.381 e. The van der Waals surface area contributed by atoms with Gasteiger partial charge in [0.1, 0.15) is 0 Å². The van der Waals surface area contributed by atoms with E-state index in [0.717, 1.165) is 25.0 Å². The SMILES string of the molecule is CCCNC(c1ccccc1)C(CC)SC1CCOCC1. The highest BCUT2D eigenvalue weighted by Crippen LogP contribution is 2.35. The summed E-state index contributed by atoms with van der Waals surface area (Å²) in [6.45, 7) is 7.52. The molecule has 2 rings (SSSR count). The van der Waals surface area contributed by atoms with E-state index in [1.807, 2.05) is 0 Å². The fourth-order valence-electron chi connectivity index (χ4n) is 2.89. The number of rotatable bonds is 8. The Balaban J connectivity index is 2.04. The van der Waals surface area contributed by atoms with Gasteiger partial charge in [0.15, 0.2) is 0 Å². The first-order valence-electron chi connectivity index (χ1n) is 8.36. The number of hydrogen-bond acceptors (Lipinski definition) is 3. The van der Waals surface area contributed by atoms with Crippen LogP contribution in [0.25, 0.3) is 0 Å². The maximum atomic E-state index is 5.50. The number of thioether (sulfide) groups is 1. The van der Waals surface area contributed by atoms with Gasteiger partial charge in [-0.3, -0.25) is 0 Å². The summed E-state index contributed by atoms with van der Waals surface area (Å²) in [5, 5.41) is 5.18. The van der Waals surface area contributed by atoms with E-state index in [1.165, 1.54) is 31.2 Å². The Morgan fingerprint density at radius 1 is 1.19 bits per heavy atom. The van der Waals surface area contributed by atoms with Crippen molar-refractivity contribution < 1.29 is 4.74 Å². The summed E-state index contributed by atoms with van der Waals surface area (Å²) < 4.78 is 5.50. The topological polar surface area (TPSA) is 21.3 Å². The van der Waals surface area contributed by atoms with Gasteiger partial charge < -0.3 is 10.1 Å². The van der Waals surface area contributed by atoms with Crippen molar-refractivity contribution in [1.29, 1.82) is 0 Å². The number of ether oxygens (including phenoxy) is 1. The van der Waals surface area contributed by atoms with E-state index in [1.54, 1.807) is 0 Å². The van der Waals surface area contributed by atoms with Crippen molar-refractivity contribution in [2.45, 2.75) is 56.1 Å². The van der Waals surface area contributed by atoms with Crippen LogP contribution in [-0.4, -0.2) is 30.3 Å². The smallest absolute Gasteiger partial charge is 0.0476 e. The molecule has 0 spiro atoms. The van der Waals surface area contributed by atoms with Crippen LogP contribution >= 0.6 is 11.8 Å². The summed E-state index contributed by atoms with van der Waals surface area (Å²) in [5.74, 6) is 0. The van der Waals surface area contributed by atoms with Crippen LogP contribution in [0.2, 0.25) is 0 Å². The monoisotopic (exact) mass is 307 g/mol. The average molecular weight is 308 g/mol. The summed E-state index contributed by atoms with van der Waals surface area (Å²) >= 11 is 2.18. The van der Waals surface area contributed by atoms with Crippen molar-refractivity contribution in [3.63, 3.8) is 0 Å². The first-order valence-corrected chi connectivity index (χ1v) is 9.31. The van der Waals surface area contributed by atoms with Crippen LogP contribution in [0.15, 0.2) is 30.3 Å². The maximum Gasteiger partial charge on any atom is 0.0476 e. The Labute approximate surface area is 134 Å². The Morgan fingerprint density at radius 3 is 2.52 bits per heavy atom. The lowest BCUT2D eigenvalue weighted by Gasteiger charge is -2.32. The van der Waals surface area contributed by atoms with E-state index < -0.39 is 0 Å². The first kappa shape index (κ1) is 16.9. The van der Waals surface area contributed by atoms with Gasteiger partial charge in [-0.25, -0.2) is 0 Å². The summed E-state index contributed by atoms with van der Waals surface area (Å²) in [6.07, 6.45) is 4.80. The van der Waals surface area contributed by atoms with E-state index >= 15 is 0 Å². The molecule has 0 amide bonds. The number of hydrogen-bond donors (Lipinski definition) is 1. The summed E-state index contributed by atoms with van der Waals surface area (Å²) in [4.78, 5) is 0. The third-order valence-corrected chi connectivity index (χ3v) is 5.89. The van der Waals surface area contributed by atoms with Crippen molar-refractivity contribution in [3.8, 4) is 0 Å². The van der Waals surface area contributed by atoms with Crippen molar-refractivity contribution >= 4 is 11.8 Å². The average Bonchev–Trinajstić information content (AvgIpc) is 2.56. The van der Waals surface area contributed by atoms with Crippen LogP contribution in [0, 0.1) is 0 Å². The molecule has 0 radical (unpaired) electrons. The molecule has 1 aromatic rings. The molecule has 2 nitrogen and oxygen atoms in total. The normalized spacial score (nSPS) is 19.3. The van der Waals surface area contributed by atoms with Gasteiger partial charge in [-0.2, -0.15) is 11.8 Å². The lowest BCUT2D eigenvalue weighted by Crippen LogP contribution is -2.32. The molecule has 1 aliphatic heterocycles. The molecule has 1 aromatic carbocycles. The number of benzene rings is 1. The Bertz CT molecular complexity index is 378. The van der Waals surface area contributed by atoms with E-state index in [9.17, 15) is 0 Å². The quantitative estimate of drug-likeness (QED) is 0.768. The first-order chi connectivity index (χ1) is 10.3. The highest BCUT2D eigenvalue weighted by Gasteiger charge is 2.26. The van der Waals surface area contributed by atoms with E-state index in [0.29, 0.717) is 11.3 Å². The molecule has 0 bridgehead atoms. The molecule has 118 valence electrons. The largest absolute Gasteiger partial charge is 0.381 e. The van der Waals surface area contributed by atoms with Crippen LogP contribution in [0.4, 0.5) is 0 Å². The zero-order valence-corrected chi connectivity index (χ0v) is 14.2.